The normalized spacial score (nSPS) is 18.1. The van der Waals surface area contributed by atoms with Crippen LogP contribution < -0.4 is 5.32 Å². The molecule has 0 aromatic carbocycles. The minimum Gasteiger partial charge on any atom is -0.379 e. The Bertz CT molecular complexity index is 236. The summed E-state index contributed by atoms with van der Waals surface area (Å²) < 4.78 is 5.28. The van der Waals surface area contributed by atoms with Gasteiger partial charge >= 0.3 is 0 Å². The molecular weight excluding hydrogens is 216 g/mol. The molecule has 0 aromatic heterocycles. The van der Waals surface area contributed by atoms with Crippen molar-refractivity contribution in [2.75, 3.05) is 39.4 Å². The number of nitrogens with one attached hydrogen (secondary N) is 1. The molecule has 1 aliphatic rings. The number of carbonyl (C=O) groups excluding carboxylic acids is 1. The summed E-state index contributed by atoms with van der Waals surface area (Å²) in [5.41, 5.74) is 0.114. The lowest BCUT2D eigenvalue weighted by atomic mass is 9.86. The molecule has 1 N–H and O–H groups in total. The number of hydrogen-bond donors (Lipinski definition) is 1. The van der Waals surface area contributed by atoms with E-state index >= 15 is 0 Å². The van der Waals surface area contributed by atoms with E-state index in [9.17, 15) is 4.79 Å². The molecular formula is C13H26N2O2. The molecule has 0 aliphatic carbocycles. The van der Waals surface area contributed by atoms with Crippen LogP contribution in [-0.2, 0) is 9.53 Å². The molecule has 0 atom stereocenters. The summed E-state index contributed by atoms with van der Waals surface area (Å²) in [6.45, 7) is 11.7. The van der Waals surface area contributed by atoms with Gasteiger partial charge in [0.2, 0.25) is 5.91 Å². The van der Waals surface area contributed by atoms with Crippen LogP contribution in [0.5, 0.6) is 0 Å². The van der Waals surface area contributed by atoms with Crippen LogP contribution in [0.2, 0.25) is 0 Å². The molecule has 4 nitrogen and oxygen atoms in total. The average Bonchev–Trinajstić information content (AvgIpc) is 2.30. The minimum absolute atomic E-state index is 0.114. The third kappa shape index (κ3) is 6.03. The number of hydrogen-bond acceptors (Lipinski definition) is 3. The second-order valence-electron chi connectivity index (χ2n) is 5.50. The number of ether oxygens (including phenoxy) is 1. The zero-order valence-electron chi connectivity index (χ0n) is 11.4. The molecule has 1 rings (SSSR count). The molecule has 0 saturated carbocycles. The summed E-state index contributed by atoms with van der Waals surface area (Å²) in [6, 6.07) is 0. The highest BCUT2D eigenvalue weighted by Gasteiger charge is 2.19. The van der Waals surface area contributed by atoms with Gasteiger partial charge in [-0.3, -0.25) is 9.69 Å². The van der Waals surface area contributed by atoms with Crippen LogP contribution in [0, 0.1) is 5.41 Å². The van der Waals surface area contributed by atoms with Crippen LogP contribution in [0.3, 0.4) is 0 Å². The minimum atomic E-state index is 0.114. The summed E-state index contributed by atoms with van der Waals surface area (Å²) in [5.74, 6) is 0.171. The summed E-state index contributed by atoms with van der Waals surface area (Å²) in [7, 11) is 0. The predicted molar refractivity (Wildman–Crippen MR) is 69.0 cm³/mol. The van der Waals surface area contributed by atoms with Gasteiger partial charge in [0.1, 0.15) is 0 Å². The fourth-order valence-corrected chi connectivity index (χ4v) is 1.80. The maximum Gasteiger partial charge on any atom is 0.220 e. The van der Waals surface area contributed by atoms with Gasteiger partial charge in [0, 0.05) is 32.6 Å². The first kappa shape index (κ1) is 14.5. The van der Waals surface area contributed by atoms with E-state index in [0.29, 0.717) is 6.42 Å². The SMILES string of the molecule is CCC(C)(C)CC(=O)NCCN1CCOCC1. The molecule has 0 radical (unpaired) electrons. The largest absolute Gasteiger partial charge is 0.379 e. The quantitative estimate of drug-likeness (QED) is 0.762. The molecule has 1 fully saturated rings. The Morgan fingerprint density at radius 3 is 2.59 bits per heavy atom. The van der Waals surface area contributed by atoms with Crippen molar-refractivity contribution in [2.45, 2.75) is 33.6 Å². The molecule has 0 bridgehead atoms. The molecule has 0 aromatic rings. The zero-order chi connectivity index (χ0) is 12.7. The van der Waals surface area contributed by atoms with Gasteiger partial charge in [-0.05, 0) is 5.41 Å². The Kier molecular flexibility index (Phi) is 5.92. The van der Waals surface area contributed by atoms with E-state index in [1.165, 1.54) is 0 Å². The summed E-state index contributed by atoms with van der Waals surface area (Å²) >= 11 is 0. The molecule has 1 heterocycles. The number of carbonyl (C=O) groups is 1. The van der Waals surface area contributed by atoms with Crippen molar-refractivity contribution in [3.8, 4) is 0 Å². The van der Waals surface area contributed by atoms with Gasteiger partial charge in [0.25, 0.3) is 0 Å². The molecule has 17 heavy (non-hydrogen) atoms. The third-order valence-electron chi connectivity index (χ3n) is 3.45. The van der Waals surface area contributed by atoms with Gasteiger partial charge in [0.05, 0.1) is 13.2 Å². The molecule has 1 amide bonds. The Morgan fingerprint density at radius 2 is 2.00 bits per heavy atom. The topological polar surface area (TPSA) is 41.6 Å². The van der Waals surface area contributed by atoms with Crippen LogP contribution in [-0.4, -0.2) is 50.2 Å². The van der Waals surface area contributed by atoms with Crippen molar-refractivity contribution in [3.63, 3.8) is 0 Å². The standard InChI is InChI=1S/C13H26N2O2/c1-4-13(2,3)11-12(16)14-5-6-15-7-9-17-10-8-15/h4-11H2,1-3H3,(H,14,16). The molecule has 1 saturated heterocycles. The van der Waals surface area contributed by atoms with Crippen molar-refractivity contribution in [3.05, 3.63) is 0 Å². The Hall–Kier alpha value is -0.610. The molecule has 1 aliphatic heterocycles. The first-order chi connectivity index (χ1) is 8.03. The van der Waals surface area contributed by atoms with Crippen molar-refractivity contribution >= 4 is 5.91 Å². The van der Waals surface area contributed by atoms with E-state index in [0.717, 1.165) is 45.8 Å². The Balaban J connectivity index is 2.11. The highest BCUT2D eigenvalue weighted by molar-refractivity contribution is 5.76. The van der Waals surface area contributed by atoms with Crippen molar-refractivity contribution < 1.29 is 9.53 Å². The first-order valence-electron chi connectivity index (χ1n) is 6.60. The van der Waals surface area contributed by atoms with Gasteiger partial charge in [-0.1, -0.05) is 27.2 Å². The van der Waals surface area contributed by atoms with Crippen molar-refractivity contribution in [2.24, 2.45) is 5.41 Å². The second kappa shape index (κ2) is 6.97. The number of rotatable bonds is 6. The van der Waals surface area contributed by atoms with Gasteiger partial charge in [-0.2, -0.15) is 0 Å². The van der Waals surface area contributed by atoms with Crippen LogP contribution in [0.4, 0.5) is 0 Å². The smallest absolute Gasteiger partial charge is 0.220 e. The fraction of sp³-hybridized carbons (Fsp3) is 0.923. The van der Waals surface area contributed by atoms with E-state index in [2.05, 4.69) is 31.0 Å². The molecule has 0 spiro atoms. The van der Waals surface area contributed by atoms with Crippen LogP contribution in [0.15, 0.2) is 0 Å². The van der Waals surface area contributed by atoms with Crippen LogP contribution >= 0.6 is 0 Å². The van der Waals surface area contributed by atoms with Gasteiger partial charge in [-0.25, -0.2) is 0 Å². The van der Waals surface area contributed by atoms with Gasteiger partial charge in [0.15, 0.2) is 0 Å². The van der Waals surface area contributed by atoms with E-state index in [1.807, 2.05) is 0 Å². The highest BCUT2D eigenvalue weighted by atomic mass is 16.5. The maximum atomic E-state index is 11.7. The van der Waals surface area contributed by atoms with E-state index < -0.39 is 0 Å². The summed E-state index contributed by atoms with van der Waals surface area (Å²) in [5, 5.41) is 3.00. The number of morpholine rings is 1. The highest BCUT2D eigenvalue weighted by Crippen LogP contribution is 2.23. The number of amides is 1. The Labute approximate surface area is 105 Å². The monoisotopic (exact) mass is 242 g/mol. The van der Waals surface area contributed by atoms with E-state index in [-0.39, 0.29) is 11.3 Å². The summed E-state index contributed by atoms with van der Waals surface area (Å²) in [4.78, 5) is 14.0. The predicted octanol–water partition coefficient (Wildman–Crippen LogP) is 1.26. The lowest BCUT2D eigenvalue weighted by Crippen LogP contribution is -2.41. The zero-order valence-corrected chi connectivity index (χ0v) is 11.4. The average molecular weight is 242 g/mol. The fourth-order valence-electron chi connectivity index (χ4n) is 1.80. The van der Waals surface area contributed by atoms with Crippen LogP contribution in [0.25, 0.3) is 0 Å². The lowest BCUT2D eigenvalue weighted by molar-refractivity contribution is -0.123. The van der Waals surface area contributed by atoms with Crippen molar-refractivity contribution in [1.29, 1.82) is 0 Å². The maximum absolute atomic E-state index is 11.7. The molecule has 0 unspecified atom stereocenters. The lowest BCUT2D eigenvalue weighted by Gasteiger charge is -2.27. The second-order valence-corrected chi connectivity index (χ2v) is 5.50. The Morgan fingerprint density at radius 1 is 1.35 bits per heavy atom. The van der Waals surface area contributed by atoms with Gasteiger partial charge in [-0.15, -0.1) is 0 Å². The van der Waals surface area contributed by atoms with Crippen LogP contribution in [0.1, 0.15) is 33.6 Å². The number of nitrogens with zero attached hydrogens (tertiary/aromatic N) is 1. The van der Waals surface area contributed by atoms with Gasteiger partial charge < -0.3 is 10.1 Å². The molecule has 4 heteroatoms. The third-order valence-corrected chi connectivity index (χ3v) is 3.45. The van der Waals surface area contributed by atoms with E-state index in [1.54, 1.807) is 0 Å². The first-order valence-corrected chi connectivity index (χ1v) is 6.60. The summed E-state index contributed by atoms with van der Waals surface area (Å²) in [6.07, 6.45) is 1.65. The van der Waals surface area contributed by atoms with E-state index in [4.69, 9.17) is 4.74 Å². The van der Waals surface area contributed by atoms with Crippen molar-refractivity contribution in [1.82, 2.24) is 10.2 Å². The molecule has 100 valence electrons.